The molecule has 3 aromatic heterocycles. The van der Waals surface area contributed by atoms with Crippen molar-refractivity contribution in [1.29, 1.82) is 0 Å². The molecule has 1 aromatic carbocycles. The van der Waals surface area contributed by atoms with Gasteiger partial charge in [0.25, 0.3) is 5.91 Å². The molecule has 9 heteroatoms. The standard InChI is InChI=1S/C29H35FN6O2/c1-16-5-9-20(31)15-35(16)28(37)19-11-21(30)25-22(12-19)32-27(34(25)4)23-13-18-8-10-24(29(2,3)38)33-26(18)36(23)14-17-6-7-17/h8,10-13,16-17,20,38H,5-7,9,14-15,31H2,1-4H3/t16-,20+/m0/s1. The molecule has 38 heavy (non-hydrogen) atoms. The van der Waals surface area contributed by atoms with Crippen molar-refractivity contribution >= 4 is 28.0 Å². The number of likely N-dealkylation sites (tertiary alicyclic amines) is 1. The summed E-state index contributed by atoms with van der Waals surface area (Å²) in [6.45, 7) is 6.70. The van der Waals surface area contributed by atoms with Crippen LogP contribution in [0.3, 0.4) is 0 Å². The van der Waals surface area contributed by atoms with E-state index in [1.165, 1.54) is 6.07 Å². The number of rotatable bonds is 5. The maximum absolute atomic E-state index is 15.5. The van der Waals surface area contributed by atoms with E-state index < -0.39 is 11.4 Å². The zero-order valence-corrected chi connectivity index (χ0v) is 22.4. The van der Waals surface area contributed by atoms with E-state index in [0.29, 0.717) is 35.0 Å². The first-order valence-electron chi connectivity index (χ1n) is 13.5. The molecule has 3 N–H and O–H groups in total. The van der Waals surface area contributed by atoms with Crippen molar-refractivity contribution in [3.63, 3.8) is 0 Å². The van der Waals surface area contributed by atoms with Gasteiger partial charge < -0.3 is 24.9 Å². The van der Waals surface area contributed by atoms with E-state index >= 15 is 4.39 Å². The number of pyridine rings is 1. The van der Waals surface area contributed by atoms with Crippen molar-refractivity contribution in [2.24, 2.45) is 18.7 Å². The quantitative estimate of drug-likeness (QED) is 0.410. The Morgan fingerprint density at radius 1 is 1.16 bits per heavy atom. The van der Waals surface area contributed by atoms with Crippen LogP contribution < -0.4 is 5.73 Å². The van der Waals surface area contributed by atoms with Gasteiger partial charge in [0.15, 0.2) is 5.82 Å². The average Bonchev–Trinajstić information content (AvgIpc) is 3.53. The second kappa shape index (κ2) is 8.88. The number of carbonyl (C=O) groups is 1. The third-order valence-corrected chi connectivity index (χ3v) is 8.09. The lowest BCUT2D eigenvalue weighted by molar-refractivity contribution is 0.0612. The van der Waals surface area contributed by atoms with Gasteiger partial charge in [-0.2, -0.15) is 0 Å². The van der Waals surface area contributed by atoms with E-state index in [2.05, 4.69) is 4.57 Å². The largest absolute Gasteiger partial charge is 0.384 e. The maximum atomic E-state index is 15.5. The average molecular weight is 519 g/mol. The Labute approximate surface area is 221 Å². The first kappa shape index (κ1) is 25.0. The summed E-state index contributed by atoms with van der Waals surface area (Å²) in [7, 11) is 1.80. The number of aliphatic hydroxyl groups is 1. The lowest BCUT2D eigenvalue weighted by Gasteiger charge is -2.36. The fourth-order valence-electron chi connectivity index (χ4n) is 5.63. The number of piperidine rings is 1. The molecule has 2 aliphatic rings. The number of aromatic nitrogens is 4. The van der Waals surface area contributed by atoms with E-state index in [-0.39, 0.29) is 23.6 Å². The molecule has 0 bridgehead atoms. The van der Waals surface area contributed by atoms with Gasteiger partial charge in [-0.25, -0.2) is 14.4 Å². The number of benzene rings is 1. The summed E-state index contributed by atoms with van der Waals surface area (Å²) in [5, 5.41) is 11.5. The number of carbonyl (C=O) groups excluding carboxylic acids is 1. The Morgan fingerprint density at radius 2 is 1.92 bits per heavy atom. The van der Waals surface area contributed by atoms with Crippen molar-refractivity contribution in [2.75, 3.05) is 6.54 Å². The van der Waals surface area contributed by atoms with Crippen LogP contribution in [0.1, 0.15) is 62.5 Å². The van der Waals surface area contributed by atoms with Crippen LogP contribution in [-0.4, -0.2) is 53.6 Å². The van der Waals surface area contributed by atoms with Gasteiger partial charge in [0.05, 0.1) is 16.9 Å². The summed E-state index contributed by atoms with van der Waals surface area (Å²) in [5.41, 5.74) is 8.36. The van der Waals surface area contributed by atoms with E-state index in [9.17, 15) is 9.90 Å². The molecule has 0 spiro atoms. The van der Waals surface area contributed by atoms with Gasteiger partial charge in [0.1, 0.15) is 22.6 Å². The maximum Gasteiger partial charge on any atom is 0.254 e. The zero-order valence-electron chi connectivity index (χ0n) is 22.4. The molecule has 4 heterocycles. The van der Waals surface area contributed by atoms with Gasteiger partial charge in [-0.05, 0) is 82.7 Å². The van der Waals surface area contributed by atoms with Crippen molar-refractivity contribution in [3.8, 4) is 11.5 Å². The highest BCUT2D eigenvalue weighted by molar-refractivity contribution is 5.98. The lowest BCUT2D eigenvalue weighted by Crippen LogP contribution is -2.50. The van der Waals surface area contributed by atoms with Crippen LogP contribution in [0.5, 0.6) is 0 Å². The lowest BCUT2D eigenvalue weighted by atomic mass is 9.99. The molecule has 1 saturated heterocycles. The van der Waals surface area contributed by atoms with Gasteiger partial charge in [0, 0.05) is 43.2 Å². The summed E-state index contributed by atoms with van der Waals surface area (Å²) in [6, 6.07) is 8.83. The van der Waals surface area contributed by atoms with Crippen molar-refractivity contribution in [3.05, 3.63) is 47.4 Å². The number of hydrogen-bond donors (Lipinski definition) is 2. The van der Waals surface area contributed by atoms with Crippen LogP contribution in [0.2, 0.25) is 0 Å². The minimum absolute atomic E-state index is 0.0553. The van der Waals surface area contributed by atoms with Crippen LogP contribution in [0.15, 0.2) is 30.3 Å². The van der Waals surface area contributed by atoms with Crippen LogP contribution >= 0.6 is 0 Å². The van der Waals surface area contributed by atoms with Crippen LogP contribution in [0.25, 0.3) is 33.6 Å². The summed E-state index contributed by atoms with van der Waals surface area (Å²) < 4.78 is 19.4. The molecular weight excluding hydrogens is 483 g/mol. The first-order valence-corrected chi connectivity index (χ1v) is 13.5. The minimum atomic E-state index is -1.07. The Bertz CT molecular complexity index is 1560. The Hall–Kier alpha value is -3.30. The van der Waals surface area contributed by atoms with Gasteiger partial charge in [0.2, 0.25) is 0 Å². The van der Waals surface area contributed by atoms with Crippen LogP contribution in [-0.2, 0) is 19.2 Å². The summed E-state index contributed by atoms with van der Waals surface area (Å²) >= 11 is 0. The third kappa shape index (κ3) is 4.27. The molecule has 1 aliphatic carbocycles. The van der Waals surface area contributed by atoms with Gasteiger partial charge in [-0.15, -0.1) is 0 Å². The Morgan fingerprint density at radius 3 is 2.63 bits per heavy atom. The summed E-state index contributed by atoms with van der Waals surface area (Å²) in [5.74, 6) is 0.478. The molecule has 6 rings (SSSR count). The fraction of sp³-hybridized carbons (Fsp3) is 0.483. The van der Waals surface area contributed by atoms with Crippen molar-refractivity contribution in [2.45, 2.75) is 70.7 Å². The van der Waals surface area contributed by atoms with E-state index in [4.69, 9.17) is 15.7 Å². The second-order valence-corrected chi connectivity index (χ2v) is 11.7. The zero-order chi connectivity index (χ0) is 26.9. The van der Waals surface area contributed by atoms with Crippen LogP contribution in [0.4, 0.5) is 4.39 Å². The van der Waals surface area contributed by atoms with Gasteiger partial charge in [-0.3, -0.25) is 4.79 Å². The molecule has 1 aliphatic heterocycles. The monoisotopic (exact) mass is 518 g/mol. The molecular formula is C29H35FN6O2. The first-order chi connectivity index (χ1) is 18.0. The number of aryl methyl sites for hydroxylation is 1. The third-order valence-electron chi connectivity index (χ3n) is 8.09. The van der Waals surface area contributed by atoms with Crippen molar-refractivity contribution < 1.29 is 14.3 Å². The number of hydrogen-bond acceptors (Lipinski definition) is 5. The molecule has 1 saturated carbocycles. The highest BCUT2D eigenvalue weighted by Gasteiger charge is 2.30. The van der Waals surface area contributed by atoms with Gasteiger partial charge in [-0.1, -0.05) is 0 Å². The highest BCUT2D eigenvalue weighted by Crippen LogP contribution is 2.37. The molecule has 8 nitrogen and oxygen atoms in total. The Balaban J connectivity index is 1.46. The minimum Gasteiger partial charge on any atom is -0.384 e. The van der Waals surface area contributed by atoms with E-state index in [1.807, 2.05) is 25.1 Å². The predicted molar refractivity (Wildman–Crippen MR) is 145 cm³/mol. The van der Waals surface area contributed by atoms with Crippen LogP contribution in [0, 0.1) is 11.7 Å². The van der Waals surface area contributed by atoms with E-state index in [0.717, 1.165) is 49.0 Å². The number of halogens is 1. The second-order valence-electron chi connectivity index (χ2n) is 11.7. The summed E-state index contributed by atoms with van der Waals surface area (Å²) in [4.78, 5) is 24.8. The number of imidazole rings is 1. The molecule has 2 fully saturated rings. The van der Waals surface area contributed by atoms with Gasteiger partial charge >= 0.3 is 0 Å². The van der Waals surface area contributed by atoms with E-state index in [1.54, 1.807) is 36.4 Å². The normalized spacial score (nSPS) is 20.6. The SMILES string of the molecule is C[C@H]1CC[C@@H](N)CN1C(=O)c1cc(F)c2c(c1)nc(-c1cc3ccc(C(C)(C)O)nc3n1CC1CC1)n2C. The number of nitrogens with zero attached hydrogens (tertiary/aromatic N) is 5. The topological polar surface area (TPSA) is 102 Å². The number of fused-ring (bicyclic) bond motifs is 2. The molecule has 200 valence electrons. The fourth-order valence-corrected chi connectivity index (χ4v) is 5.63. The smallest absolute Gasteiger partial charge is 0.254 e. The molecule has 2 atom stereocenters. The number of amides is 1. The number of nitrogens with two attached hydrogens (primary N) is 1. The van der Waals surface area contributed by atoms with Crippen molar-refractivity contribution in [1.82, 2.24) is 24.0 Å². The molecule has 1 amide bonds. The molecule has 0 radical (unpaired) electrons. The molecule has 0 unspecified atom stereocenters. The predicted octanol–water partition coefficient (Wildman–Crippen LogP) is 4.32. The Kier molecular flexibility index (Phi) is 5.84. The highest BCUT2D eigenvalue weighted by atomic mass is 19.1. The summed E-state index contributed by atoms with van der Waals surface area (Å²) in [6.07, 6.45) is 4.03. The molecule has 4 aromatic rings.